The molecule has 0 aliphatic carbocycles. The minimum absolute atomic E-state index is 2.94. The van der Waals surface area contributed by atoms with Crippen LogP contribution in [0.3, 0.4) is 0 Å². The standard InChI is InChI=1S/3Cu.3O. The van der Waals surface area contributed by atoms with Gasteiger partial charge in [0.05, 0.1) is 0 Å². The molecule has 0 bridgehead atoms. The van der Waals surface area contributed by atoms with E-state index in [1.54, 1.807) is 0 Å². The monoisotopic (exact) mass is 237 g/mol. The molecule has 0 aliphatic rings. The topological polar surface area (TPSA) is 51.2 Å². The Labute approximate surface area is 59.3 Å². The average Bonchev–Trinajstić information content (AvgIpc) is 1.81. The van der Waals surface area contributed by atoms with Gasteiger partial charge in [0.1, 0.15) is 0 Å². The molecule has 0 aromatic heterocycles. The van der Waals surface area contributed by atoms with Crippen LogP contribution in [0, 0.1) is 0 Å². The third kappa shape index (κ3) is 84.6. The molecule has 0 rings (SSSR count). The molecule has 0 aromatic carbocycles. The van der Waals surface area contributed by atoms with Gasteiger partial charge in [-0.25, -0.2) is 0 Å². The molecule has 51 valence electrons. The summed E-state index contributed by atoms with van der Waals surface area (Å²) in [5.74, 6) is 0. The fourth-order valence-corrected chi connectivity index (χ4v) is 0. The molecule has 3 nitrogen and oxygen atoms in total. The summed E-state index contributed by atoms with van der Waals surface area (Å²) in [5.41, 5.74) is 0. The van der Waals surface area contributed by atoms with Crippen molar-refractivity contribution in [2.75, 3.05) is 0 Å². The van der Waals surface area contributed by atoms with Gasteiger partial charge in [0, 0.05) is 0 Å². The molecule has 0 fully saturated rings. The van der Waals surface area contributed by atoms with E-state index >= 15 is 0 Å². The zero-order chi connectivity index (χ0) is 6.00. The third-order valence-corrected chi connectivity index (χ3v) is 0. The Hall–Kier alpha value is 0.958. The first-order chi connectivity index (χ1) is 3.00. The summed E-state index contributed by atoms with van der Waals surface area (Å²) < 4.78 is 23.4. The molecule has 0 N–H and O–H groups in total. The van der Waals surface area contributed by atoms with Gasteiger partial charge < -0.3 is 0 Å². The molecule has 0 amide bonds. The van der Waals surface area contributed by atoms with E-state index in [1.165, 1.54) is 0 Å². The second-order valence-corrected chi connectivity index (χ2v) is 0. The van der Waals surface area contributed by atoms with Crippen molar-refractivity contribution in [2.24, 2.45) is 0 Å². The van der Waals surface area contributed by atoms with E-state index in [1.807, 2.05) is 0 Å². The van der Waals surface area contributed by atoms with Gasteiger partial charge in [-0.3, -0.25) is 0 Å². The molecule has 0 spiro atoms. The SMILES string of the molecule is [O]=[Cu].[O]=[Cu].[O]=[Cu]. The molecule has 0 unspecified atom stereocenters. The predicted molar refractivity (Wildman–Crippen MR) is 2.06 cm³/mol. The summed E-state index contributed by atoms with van der Waals surface area (Å²) in [6.07, 6.45) is 0. The Morgan fingerprint density at radius 1 is 0.500 bits per heavy atom. The Bertz CT molecular complexity index is 10.8. The summed E-state index contributed by atoms with van der Waals surface area (Å²) in [6, 6.07) is 0. The van der Waals surface area contributed by atoms with Gasteiger partial charge in [0.15, 0.2) is 0 Å². The summed E-state index contributed by atoms with van der Waals surface area (Å²) in [7, 11) is 0. The molecule has 0 aromatic rings. The molecular weight excluding hydrogens is 239 g/mol. The second-order valence-electron chi connectivity index (χ2n) is 0. The molecule has 6 heteroatoms. The maximum absolute atomic E-state index is 7.81. The van der Waals surface area contributed by atoms with Gasteiger partial charge in [-0.1, -0.05) is 0 Å². The molecule has 0 atom stereocenters. The van der Waals surface area contributed by atoms with Crippen LogP contribution in [0.5, 0.6) is 0 Å². The fraction of sp³-hybridized carbons (Fsp3) is 0. The van der Waals surface area contributed by atoms with Crippen LogP contribution in [-0.2, 0) is 59.3 Å². The quantitative estimate of drug-likeness (QED) is 0.542. The van der Waals surface area contributed by atoms with Gasteiger partial charge in [-0.15, -0.1) is 0 Å². The van der Waals surface area contributed by atoms with Crippen molar-refractivity contribution in [3.63, 3.8) is 0 Å². The Kier molecular flexibility index (Phi) is 419. The van der Waals surface area contributed by atoms with Crippen molar-refractivity contribution >= 4 is 0 Å². The van der Waals surface area contributed by atoms with E-state index in [4.69, 9.17) is 11.5 Å². The summed E-state index contributed by atoms with van der Waals surface area (Å²) in [5, 5.41) is 0. The molecule has 6 heavy (non-hydrogen) atoms. The Morgan fingerprint density at radius 2 is 0.500 bits per heavy atom. The van der Waals surface area contributed by atoms with Crippen LogP contribution < -0.4 is 0 Å². The van der Waals surface area contributed by atoms with Gasteiger partial charge in [0.2, 0.25) is 0 Å². The van der Waals surface area contributed by atoms with Crippen molar-refractivity contribution in [1.29, 1.82) is 0 Å². The average molecular weight is 239 g/mol. The van der Waals surface area contributed by atoms with E-state index in [9.17, 15) is 0 Å². The number of hydrogen-bond donors (Lipinski definition) is 0. The first kappa shape index (κ1) is 15.8. The molecule has 0 heterocycles. The van der Waals surface area contributed by atoms with Crippen LogP contribution in [0.25, 0.3) is 0 Å². The van der Waals surface area contributed by atoms with E-state index in [0.717, 1.165) is 0 Å². The third-order valence-electron chi connectivity index (χ3n) is 0. The molecule has 0 radical (unpaired) electrons. The fourth-order valence-electron chi connectivity index (χ4n) is 0. The van der Waals surface area contributed by atoms with Gasteiger partial charge in [0.25, 0.3) is 0 Å². The molecule has 0 saturated heterocycles. The maximum atomic E-state index is 7.81. The van der Waals surface area contributed by atoms with Crippen molar-refractivity contribution in [2.45, 2.75) is 0 Å². The van der Waals surface area contributed by atoms with Crippen LogP contribution in [0.2, 0.25) is 0 Å². The van der Waals surface area contributed by atoms with Crippen molar-refractivity contribution in [1.82, 2.24) is 0 Å². The van der Waals surface area contributed by atoms with Crippen molar-refractivity contribution in [3.8, 4) is 0 Å². The first-order valence-electron chi connectivity index (χ1n) is 0.369. The van der Waals surface area contributed by atoms with Crippen molar-refractivity contribution < 1.29 is 59.3 Å². The molecular formula is Cu3O3. The van der Waals surface area contributed by atoms with Crippen LogP contribution >= 0.6 is 0 Å². The zero-order valence-electron chi connectivity index (χ0n) is 2.13. The molecule has 0 aliphatic heterocycles. The summed E-state index contributed by atoms with van der Waals surface area (Å²) in [6.45, 7) is 0. The van der Waals surface area contributed by atoms with Gasteiger partial charge in [-0.2, -0.15) is 0 Å². The number of hydrogen-bond acceptors (Lipinski definition) is 3. The second kappa shape index (κ2) is 159. The Morgan fingerprint density at radius 3 is 0.500 bits per heavy atom. The van der Waals surface area contributed by atoms with Crippen LogP contribution in [-0.4, -0.2) is 0 Å². The summed E-state index contributed by atoms with van der Waals surface area (Å²) >= 11 is 8.81. The van der Waals surface area contributed by atoms with E-state index in [0.29, 0.717) is 0 Å². The van der Waals surface area contributed by atoms with Crippen molar-refractivity contribution in [3.05, 3.63) is 0 Å². The van der Waals surface area contributed by atoms with Gasteiger partial charge >= 0.3 is 59.3 Å². The van der Waals surface area contributed by atoms with E-state index in [2.05, 4.69) is 47.8 Å². The number of rotatable bonds is 0. The normalized spacial score (nSPS) is 3.00. The minimum atomic E-state index is 2.94. The first-order valence-corrected chi connectivity index (χ1v) is 1.52. The van der Waals surface area contributed by atoms with E-state index < -0.39 is 0 Å². The van der Waals surface area contributed by atoms with Crippen LogP contribution in [0.1, 0.15) is 0 Å². The predicted octanol–water partition coefficient (Wildman–Crippen LogP) is -0.364. The van der Waals surface area contributed by atoms with Crippen LogP contribution in [0.4, 0.5) is 0 Å². The Balaban J connectivity index is -0.0000000225. The summed E-state index contributed by atoms with van der Waals surface area (Å²) in [4.78, 5) is 0. The van der Waals surface area contributed by atoms with Gasteiger partial charge in [-0.05, 0) is 0 Å². The zero-order valence-corrected chi connectivity index (χ0v) is 4.95. The molecule has 0 saturated carbocycles. The van der Waals surface area contributed by atoms with E-state index in [-0.39, 0.29) is 0 Å². The van der Waals surface area contributed by atoms with Crippen LogP contribution in [0.15, 0.2) is 0 Å².